The molecule has 3 aromatic rings. The van der Waals surface area contributed by atoms with Crippen molar-refractivity contribution in [2.24, 2.45) is 0 Å². The molecule has 1 amide bonds. The number of amides is 1. The summed E-state index contributed by atoms with van der Waals surface area (Å²) in [6.07, 6.45) is 5.47. The van der Waals surface area contributed by atoms with Crippen LogP contribution in [-0.2, 0) is 4.74 Å². The zero-order valence-corrected chi connectivity index (χ0v) is 16.1. The Kier molecular flexibility index (Phi) is 5.00. The molecule has 1 aliphatic rings. The highest BCUT2D eigenvalue weighted by molar-refractivity contribution is 7.12. The van der Waals surface area contributed by atoms with Crippen molar-refractivity contribution in [3.8, 4) is 16.5 Å². The summed E-state index contributed by atoms with van der Waals surface area (Å²) in [5, 5.41) is 7.17. The van der Waals surface area contributed by atoms with Crippen molar-refractivity contribution < 1.29 is 9.53 Å². The van der Waals surface area contributed by atoms with Crippen LogP contribution in [0.3, 0.4) is 0 Å². The number of pyridine rings is 1. The van der Waals surface area contributed by atoms with Gasteiger partial charge in [0.05, 0.1) is 17.5 Å². The van der Waals surface area contributed by atoms with Gasteiger partial charge in [0.1, 0.15) is 0 Å². The minimum Gasteiger partial charge on any atom is -0.381 e. The number of likely N-dealkylation sites (tertiary alicyclic amines) is 1. The van der Waals surface area contributed by atoms with Gasteiger partial charge < -0.3 is 9.64 Å². The van der Waals surface area contributed by atoms with Crippen molar-refractivity contribution in [1.82, 2.24) is 24.6 Å². The van der Waals surface area contributed by atoms with E-state index in [1.54, 1.807) is 18.0 Å². The van der Waals surface area contributed by atoms with Crippen LogP contribution >= 0.6 is 11.3 Å². The van der Waals surface area contributed by atoms with E-state index in [1.807, 2.05) is 41.6 Å². The third-order valence-electron chi connectivity index (χ3n) is 4.77. The average Bonchev–Trinajstić information content (AvgIpc) is 3.38. The van der Waals surface area contributed by atoms with Crippen LogP contribution in [0.25, 0.3) is 16.5 Å². The molecule has 8 heteroatoms. The summed E-state index contributed by atoms with van der Waals surface area (Å²) in [7, 11) is 1.72. The Morgan fingerprint density at radius 3 is 2.70 bits per heavy atom. The van der Waals surface area contributed by atoms with Crippen LogP contribution in [0.5, 0.6) is 0 Å². The van der Waals surface area contributed by atoms with Crippen molar-refractivity contribution in [2.75, 3.05) is 20.2 Å². The molecule has 0 aliphatic carbocycles. The van der Waals surface area contributed by atoms with Gasteiger partial charge in [-0.1, -0.05) is 6.07 Å². The SMILES string of the molecule is COC1CCN(C(=O)c2cc(-c3ccc(C)cn3)n(-c3nccs3)n2)CC1. The number of hydrogen-bond donors (Lipinski definition) is 0. The van der Waals surface area contributed by atoms with Gasteiger partial charge >= 0.3 is 0 Å². The molecule has 0 spiro atoms. The lowest BCUT2D eigenvalue weighted by molar-refractivity contribution is 0.0347. The Morgan fingerprint density at radius 1 is 1.26 bits per heavy atom. The van der Waals surface area contributed by atoms with Crippen LogP contribution in [0.15, 0.2) is 36.0 Å². The summed E-state index contributed by atoms with van der Waals surface area (Å²) < 4.78 is 7.10. The molecule has 4 rings (SSSR count). The van der Waals surface area contributed by atoms with Gasteiger partial charge in [-0.3, -0.25) is 9.78 Å². The summed E-state index contributed by atoms with van der Waals surface area (Å²) >= 11 is 1.47. The lowest BCUT2D eigenvalue weighted by atomic mass is 10.1. The fourth-order valence-corrected chi connectivity index (χ4v) is 3.81. The normalized spacial score (nSPS) is 15.3. The predicted octanol–water partition coefficient (Wildman–Crippen LogP) is 2.95. The molecule has 1 aliphatic heterocycles. The fourth-order valence-electron chi connectivity index (χ4n) is 3.21. The Labute approximate surface area is 161 Å². The Balaban J connectivity index is 1.67. The molecule has 27 heavy (non-hydrogen) atoms. The van der Waals surface area contributed by atoms with Crippen LogP contribution < -0.4 is 0 Å². The standard InChI is InChI=1S/C19H21N5O2S/c1-13-3-4-15(21-12-13)17-11-16(22-24(17)19-20-7-10-27-19)18(25)23-8-5-14(26-2)6-9-23/h3-4,7,10-12,14H,5-6,8-9H2,1-2H3. The zero-order chi connectivity index (χ0) is 18.8. The predicted molar refractivity (Wildman–Crippen MR) is 103 cm³/mol. The maximum atomic E-state index is 13.0. The second-order valence-corrected chi connectivity index (χ2v) is 7.46. The summed E-state index contributed by atoms with van der Waals surface area (Å²) in [5.74, 6) is -0.0618. The molecule has 140 valence electrons. The number of nitrogens with zero attached hydrogens (tertiary/aromatic N) is 5. The molecule has 1 saturated heterocycles. The van der Waals surface area contributed by atoms with E-state index >= 15 is 0 Å². The van der Waals surface area contributed by atoms with Gasteiger partial charge in [0, 0.05) is 38.0 Å². The Hall–Kier alpha value is -2.58. The molecule has 0 radical (unpaired) electrons. The Morgan fingerprint density at radius 2 is 2.07 bits per heavy atom. The van der Waals surface area contributed by atoms with E-state index < -0.39 is 0 Å². The largest absolute Gasteiger partial charge is 0.381 e. The quantitative estimate of drug-likeness (QED) is 0.693. The van der Waals surface area contributed by atoms with Gasteiger partial charge in [0.15, 0.2) is 5.69 Å². The number of methoxy groups -OCH3 is 1. The molecule has 0 saturated carbocycles. The molecular weight excluding hydrogens is 362 g/mol. The zero-order valence-electron chi connectivity index (χ0n) is 15.3. The van der Waals surface area contributed by atoms with Crippen molar-refractivity contribution in [1.29, 1.82) is 0 Å². The van der Waals surface area contributed by atoms with Crippen molar-refractivity contribution in [3.63, 3.8) is 0 Å². The van der Waals surface area contributed by atoms with E-state index in [2.05, 4.69) is 15.1 Å². The molecule has 0 aromatic carbocycles. The van der Waals surface area contributed by atoms with Gasteiger partial charge in [-0.05, 0) is 37.5 Å². The number of ether oxygens (including phenoxy) is 1. The van der Waals surface area contributed by atoms with Crippen LogP contribution in [-0.4, -0.2) is 56.9 Å². The van der Waals surface area contributed by atoms with Crippen molar-refractivity contribution >= 4 is 17.2 Å². The third kappa shape index (κ3) is 3.63. The van der Waals surface area contributed by atoms with E-state index in [1.165, 1.54) is 11.3 Å². The lowest BCUT2D eigenvalue weighted by Crippen LogP contribution is -2.40. The third-order valence-corrected chi connectivity index (χ3v) is 5.51. The van der Waals surface area contributed by atoms with E-state index in [-0.39, 0.29) is 12.0 Å². The molecule has 0 atom stereocenters. The molecule has 1 fully saturated rings. The highest BCUT2D eigenvalue weighted by Gasteiger charge is 2.26. The molecular formula is C19H21N5O2S. The highest BCUT2D eigenvalue weighted by atomic mass is 32.1. The minimum absolute atomic E-state index is 0.0618. The summed E-state index contributed by atoms with van der Waals surface area (Å²) in [6.45, 7) is 3.35. The smallest absolute Gasteiger partial charge is 0.274 e. The van der Waals surface area contributed by atoms with Gasteiger partial charge in [0.25, 0.3) is 5.91 Å². The molecule has 3 aromatic heterocycles. The van der Waals surface area contributed by atoms with Crippen molar-refractivity contribution in [2.45, 2.75) is 25.9 Å². The van der Waals surface area contributed by atoms with Crippen molar-refractivity contribution in [3.05, 3.63) is 47.2 Å². The van der Waals surface area contributed by atoms with Crippen LogP contribution in [0.4, 0.5) is 0 Å². The fraction of sp³-hybridized carbons (Fsp3) is 0.368. The minimum atomic E-state index is -0.0618. The van der Waals surface area contributed by atoms with E-state index in [0.717, 1.165) is 29.8 Å². The van der Waals surface area contributed by atoms with Gasteiger partial charge in [-0.2, -0.15) is 5.10 Å². The summed E-state index contributed by atoms with van der Waals surface area (Å²) in [6, 6.07) is 5.75. The van der Waals surface area contributed by atoms with Gasteiger partial charge in [-0.15, -0.1) is 11.3 Å². The van der Waals surface area contributed by atoms with E-state index in [9.17, 15) is 4.79 Å². The average molecular weight is 383 g/mol. The number of aromatic nitrogens is 4. The van der Waals surface area contributed by atoms with Crippen LogP contribution in [0.1, 0.15) is 28.9 Å². The monoisotopic (exact) mass is 383 g/mol. The molecule has 0 N–H and O–H groups in total. The molecule has 4 heterocycles. The maximum Gasteiger partial charge on any atom is 0.274 e. The number of carbonyl (C=O) groups is 1. The topological polar surface area (TPSA) is 73.1 Å². The Bertz CT molecular complexity index is 912. The maximum absolute atomic E-state index is 13.0. The molecule has 0 unspecified atom stereocenters. The van der Waals surface area contributed by atoms with Crippen LogP contribution in [0, 0.1) is 6.92 Å². The number of thiazole rings is 1. The number of aryl methyl sites for hydroxylation is 1. The van der Waals surface area contributed by atoms with Gasteiger partial charge in [-0.25, -0.2) is 9.67 Å². The first-order chi connectivity index (χ1) is 13.2. The number of carbonyl (C=O) groups excluding carboxylic acids is 1. The summed E-state index contributed by atoms with van der Waals surface area (Å²) in [4.78, 5) is 23.7. The number of rotatable bonds is 4. The van der Waals surface area contributed by atoms with E-state index in [0.29, 0.717) is 23.9 Å². The first kappa shape index (κ1) is 17.8. The molecule has 0 bridgehead atoms. The number of piperidine rings is 1. The second kappa shape index (κ2) is 7.58. The number of hydrogen-bond acceptors (Lipinski definition) is 6. The molecule has 7 nitrogen and oxygen atoms in total. The lowest BCUT2D eigenvalue weighted by Gasteiger charge is -2.30. The first-order valence-corrected chi connectivity index (χ1v) is 9.78. The van der Waals surface area contributed by atoms with E-state index in [4.69, 9.17) is 4.74 Å². The summed E-state index contributed by atoms with van der Waals surface area (Å²) in [5.41, 5.74) is 3.02. The highest BCUT2D eigenvalue weighted by Crippen LogP contribution is 2.25. The first-order valence-electron chi connectivity index (χ1n) is 8.90. The second-order valence-electron chi connectivity index (χ2n) is 6.59. The van der Waals surface area contributed by atoms with Crippen LogP contribution in [0.2, 0.25) is 0 Å². The van der Waals surface area contributed by atoms with Gasteiger partial charge in [0.2, 0.25) is 5.13 Å².